The van der Waals surface area contributed by atoms with Gasteiger partial charge in [-0.25, -0.2) is 0 Å². The van der Waals surface area contributed by atoms with E-state index in [0.717, 1.165) is 6.16 Å². The van der Waals surface area contributed by atoms with E-state index in [0.29, 0.717) is 12.8 Å². The van der Waals surface area contributed by atoms with Gasteiger partial charge in [-0.15, -0.1) is 0 Å². The zero-order valence-electron chi connectivity index (χ0n) is 18.9. The maximum Gasteiger partial charge on any atom is 0.331 e. The quantitative estimate of drug-likeness (QED) is 0.159. The third-order valence-corrected chi connectivity index (χ3v) is 12.4. The molecule has 0 radical (unpaired) electrons. The molecule has 0 aliphatic heterocycles. The van der Waals surface area contributed by atoms with Crippen LogP contribution in [0.4, 0.5) is 0 Å². The standard InChI is InChI=1S/C22H48O3P2/c1-5-9-12-15-18-26(19-16-13-10-6-2,20-17-14-11-7-3)21-22-27(23,24)25-8-4/h5-22H2,1-4H3/p+1. The second kappa shape index (κ2) is 17.4. The fraction of sp³-hybridized carbons (Fsp3) is 1.00. The van der Waals surface area contributed by atoms with Crippen LogP contribution in [0.5, 0.6) is 0 Å². The summed E-state index contributed by atoms with van der Waals surface area (Å²) in [6.45, 7) is 8.94. The van der Waals surface area contributed by atoms with Crippen molar-refractivity contribution in [3.8, 4) is 0 Å². The van der Waals surface area contributed by atoms with Crippen molar-refractivity contribution in [3.63, 3.8) is 0 Å². The Bertz CT molecular complexity index is 343. The smallest absolute Gasteiger partial charge is 0.324 e. The lowest BCUT2D eigenvalue weighted by Crippen LogP contribution is -2.16. The van der Waals surface area contributed by atoms with Crippen LogP contribution in [0.1, 0.15) is 105 Å². The van der Waals surface area contributed by atoms with Crippen molar-refractivity contribution in [1.29, 1.82) is 0 Å². The zero-order valence-corrected chi connectivity index (χ0v) is 20.7. The van der Waals surface area contributed by atoms with Crippen LogP contribution >= 0.6 is 14.9 Å². The monoisotopic (exact) mass is 423 g/mol. The third-order valence-electron chi connectivity index (χ3n) is 5.65. The van der Waals surface area contributed by atoms with Gasteiger partial charge in [0, 0.05) is 7.26 Å². The maximum atomic E-state index is 12.3. The average molecular weight is 424 g/mol. The van der Waals surface area contributed by atoms with Crippen molar-refractivity contribution in [3.05, 3.63) is 0 Å². The van der Waals surface area contributed by atoms with Gasteiger partial charge < -0.3 is 9.42 Å². The molecule has 0 rings (SSSR count). The molecule has 164 valence electrons. The van der Waals surface area contributed by atoms with Crippen LogP contribution in [-0.2, 0) is 9.09 Å². The molecule has 0 spiro atoms. The first-order valence-corrected chi connectivity index (χ1v) is 16.1. The van der Waals surface area contributed by atoms with Gasteiger partial charge >= 0.3 is 7.60 Å². The summed E-state index contributed by atoms with van der Waals surface area (Å²) in [5.74, 6) is 0. The summed E-state index contributed by atoms with van der Waals surface area (Å²) in [7, 11) is -4.54. The Morgan fingerprint density at radius 1 is 0.667 bits per heavy atom. The van der Waals surface area contributed by atoms with Crippen LogP contribution in [-0.4, -0.2) is 42.3 Å². The first kappa shape index (κ1) is 27.6. The van der Waals surface area contributed by atoms with E-state index in [-0.39, 0.29) is 0 Å². The van der Waals surface area contributed by atoms with Crippen LogP contribution in [0, 0.1) is 0 Å². The highest BCUT2D eigenvalue weighted by atomic mass is 31.2. The van der Waals surface area contributed by atoms with Gasteiger partial charge in [-0.3, -0.25) is 4.57 Å². The van der Waals surface area contributed by atoms with E-state index >= 15 is 0 Å². The fourth-order valence-electron chi connectivity index (χ4n) is 3.90. The van der Waals surface area contributed by atoms with Gasteiger partial charge in [0.2, 0.25) is 0 Å². The van der Waals surface area contributed by atoms with Crippen molar-refractivity contribution in [1.82, 2.24) is 0 Å². The minimum absolute atomic E-state index is 0.336. The molecule has 3 nitrogen and oxygen atoms in total. The van der Waals surface area contributed by atoms with Gasteiger partial charge in [0.25, 0.3) is 0 Å². The maximum absolute atomic E-state index is 12.3. The highest BCUT2D eigenvalue weighted by Gasteiger charge is 2.38. The topological polar surface area (TPSA) is 46.5 Å². The van der Waals surface area contributed by atoms with Crippen molar-refractivity contribution in [2.75, 3.05) is 37.4 Å². The lowest BCUT2D eigenvalue weighted by Gasteiger charge is -2.29. The summed E-state index contributed by atoms with van der Waals surface area (Å²) in [6, 6.07) is 0. The summed E-state index contributed by atoms with van der Waals surface area (Å²) in [4.78, 5) is 10.2. The molecule has 0 amide bonds. The average Bonchev–Trinajstić information content (AvgIpc) is 2.64. The first-order valence-electron chi connectivity index (χ1n) is 11.8. The molecule has 0 aromatic heterocycles. The van der Waals surface area contributed by atoms with Gasteiger partial charge in [-0.2, -0.15) is 0 Å². The molecular formula is C22H49O3P2+. The fourth-order valence-corrected chi connectivity index (χ4v) is 11.2. The van der Waals surface area contributed by atoms with E-state index in [1.807, 2.05) is 6.92 Å². The summed E-state index contributed by atoms with van der Waals surface area (Å²) < 4.78 is 17.5. The van der Waals surface area contributed by atoms with Crippen LogP contribution in [0.2, 0.25) is 0 Å². The van der Waals surface area contributed by atoms with E-state index in [4.69, 9.17) is 4.52 Å². The minimum atomic E-state index is -3.40. The molecule has 1 N–H and O–H groups in total. The Labute approximate surface area is 171 Å². The normalized spacial score (nSPS) is 14.4. The Morgan fingerprint density at radius 3 is 1.41 bits per heavy atom. The molecule has 0 aliphatic rings. The molecule has 1 atom stereocenters. The van der Waals surface area contributed by atoms with Gasteiger partial charge in [-0.05, 0) is 45.4 Å². The van der Waals surface area contributed by atoms with Crippen molar-refractivity contribution < 1.29 is 14.0 Å². The van der Waals surface area contributed by atoms with Gasteiger partial charge in [0.1, 0.15) is 0 Å². The lowest BCUT2D eigenvalue weighted by atomic mass is 10.2. The summed E-state index contributed by atoms with van der Waals surface area (Å²) in [5.41, 5.74) is 0. The van der Waals surface area contributed by atoms with Crippen LogP contribution in [0.3, 0.4) is 0 Å². The Kier molecular flexibility index (Phi) is 17.8. The molecule has 0 aliphatic carbocycles. The van der Waals surface area contributed by atoms with Crippen LogP contribution in [0.15, 0.2) is 0 Å². The lowest BCUT2D eigenvalue weighted by molar-refractivity contribution is 0.275. The molecule has 27 heavy (non-hydrogen) atoms. The second-order valence-electron chi connectivity index (χ2n) is 8.20. The Balaban J connectivity index is 4.98. The molecule has 0 bridgehead atoms. The molecule has 0 aromatic carbocycles. The van der Waals surface area contributed by atoms with Crippen LogP contribution < -0.4 is 0 Å². The Morgan fingerprint density at radius 2 is 1.07 bits per heavy atom. The van der Waals surface area contributed by atoms with E-state index in [1.165, 1.54) is 95.5 Å². The second-order valence-corrected chi connectivity index (χ2v) is 14.6. The molecule has 0 aromatic rings. The third kappa shape index (κ3) is 15.1. The zero-order chi connectivity index (χ0) is 20.4. The van der Waals surface area contributed by atoms with Crippen molar-refractivity contribution in [2.24, 2.45) is 0 Å². The van der Waals surface area contributed by atoms with Crippen molar-refractivity contribution in [2.45, 2.75) is 105 Å². The summed E-state index contributed by atoms with van der Waals surface area (Å²) >= 11 is 0. The largest absolute Gasteiger partial charge is 0.331 e. The van der Waals surface area contributed by atoms with Crippen LogP contribution in [0.25, 0.3) is 0 Å². The molecule has 1 unspecified atom stereocenters. The van der Waals surface area contributed by atoms with Gasteiger partial charge in [0.15, 0.2) is 0 Å². The number of hydrogen-bond acceptors (Lipinski definition) is 2. The van der Waals surface area contributed by atoms with E-state index in [1.54, 1.807) is 0 Å². The number of unbranched alkanes of at least 4 members (excludes halogenated alkanes) is 9. The SMILES string of the molecule is CCCCCC[P+](CCCCCC)(CCCCCC)CCP(=O)(O)OCC. The summed E-state index contributed by atoms with van der Waals surface area (Å²) in [6.07, 6.45) is 21.0. The first-order chi connectivity index (χ1) is 12.9. The highest BCUT2D eigenvalue weighted by Crippen LogP contribution is 2.63. The molecule has 0 fully saturated rings. The summed E-state index contributed by atoms with van der Waals surface area (Å²) in [5, 5.41) is 0. The number of rotatable bonds is 20. The van der Waals surface area contributed by atoms with E-state index < -0.39 is 14.9 Å². The highest BCUT2D eigenvalue weighted by molar-refractivity contribution is 7.76. The predicted molar refractivity (Wildman–Crippen MR) is 125 cm³/mol. The van der Waals surface area contributed by atoms with Gasteiger partial charge in [-0.1, -0.05) is 59.3 Å². The molecule has 0 heterocycles. The van der Waals surface area contributed by atoms with E-state index in [9.17, 15) is 9.46 Å². The predicted octanol–water partition coefficient (Wildman–Crippen LogP) is 7.97. The number of hydrogen-bond donors (Lipinski definition) is 1. The Hall–Kier alpha value is 0.580. The minimum Gasteiger partial charge on any atom is -0.324 e. The molecule has 5 heteroatoms. The molecule has 0 saturated carbocycles. The van der Waals surface area contributed by atoms with Gasteiger partial charge in [0.05, 0.1) is 37.4 Å². The van der Waals surface area contributed by atoms with E-state index in [2.05, 4.69) is 20.8 Å². The molecular weight excluding hydrogens is 374 g/mol. The van der Waals surface area contributed by atoms with Crippen molar-refractivity contribution >= 4 is 14.9 Å². The molecule has 0 saturated heterocycles.